The van der Waals surface area contributed by atoms with Gasteiger partial charge in [-0.25, -0.2) is 4.39 Å². The number of rotatable bonds is 2. The van der Waals surface area contributed by atoms with Crippen LogP contribution in [0.1, 0.15) is 43.6 Å². The Kier molecular flexibility index (Phi) is 4.61. The Morgan fingerprint density at radius 1 is 1.10 bits per heavy atom. The lowest BCUT2D eigenvalue weighted by molar-refractivity contribution is -0.145. The molecule has 5 rings (SSSR count). The predicted molar refractivity (Wildman–Crippen MR) is 111 cm³/mol. The number of piperidine rings is 1. The number of carbonyl (C=O) groups excluding carboxylic acids is 2. The number of aromatic amines is 1. The molecule has 1 saturated carbocycles. The first-order chi connectivity index (χ1) is 14.3. The van der Waals surface area contributed by atoms with Gasteiger partial charge in [0.15, 0.2) is 0 Å². The molecule has 1 aliphatic carbocycles. The third kappa shape index (κ3) is 3.39. The molecule has 6 nitrogen and oxygen atoms in total. The lowest BCUT2D eigenvalue weighted by atomic mass is 9.90. The average Bonchev–Trinajstić information content (AvgIpc) is 3.23. The van der Waals surface area contributed by atoms with Crippen LogP contribution in [-0.4, -0.2) is 65.0 Å². The quantitative estimate of drug-likeness (QED) is 0.822. The number of amides is 2. The van der Waals surface area contributed by atoms with Crippen molar-refractivity contribution in [2.24, 2.45) is 11.3 Å². The van der Waals surface area contributed by atoms with Crippen molar-refractivity contribution in [2.45, 2.75) is 45.3 Å². The lowest BCUT2D eigenvalue weighted by Gasteiger charge is -2.37. The van der Waals surface area contributed by atoms with Crippen LogP contribution in [0.25, 0.3) is 10.9 Å². The molecule has 2 saturated heterocycles. The van der Waals surface area contributed by atoms with E-state index in [9.17, 15) is 14.0 Å². The molecule has 3 fully saturated rings. The van der Waals surface area contributed by atoms with Crippen LogP contribution in [0, 0.1) is 17.2 Å². The van der Waals surface area contributed by atoms with Gasteiger partial charge in [0.05, 0.1) is 12.2 Å². The van der Waals surface area contributed by atoms with Crippen molar-refractivity contribution in [1.29, 1.82) is 0 Å². The zero-order chi connectivity index (χ0) is 21.0. The number of ether oxygens (including phenoxy) is 1. The highest BCUT2D eigenvalue weighted by Crippen LogP contribution is 2.60. The van der Waals surface area contributed by atoms with Crippen LogP contribution in [-0.2, 0) is 9.53 Å². The van der Waals surface area contributed by atoms with Crippen molar-refractivity contribution in [3.05, 3.63) is 35.8 Å². The number of aromatic nitrogens is 1. The van der Waals surface area contributed by atoms with Crippen molar-refractivity contribution in [3.63, 3.8) is 0 Å². The number of fused-ring (bicyclic) bond motifs is 1. The maximum absolute atomic E-state index is 13.4. The molecule has 3 heterocycles. The number of hydrogen-bond donors (Lipinski definition) is 1. The number of morpholine rings is 1. The molecule has 30 heavy (non-hydrogen) atoms. The smallest absolute Gasteiger partial charge is 0.270 e. The van der Waals surface area contributed by atoms with Gasteiger partial charge in [-0.05, 0) is 62.8 Å². The number of nitrogens with zero attached hydrogens (tertiary/aromatic N) is 2. The molecule has 1 aromatic heterocycles. The van der Waals surface area contributed by atoms with Gasteiger partial charge in [0.2, 0.25) is 5.91 Å². The Morgan fingerprint density at radius 2 is 1.80 bits per heavy atom. The van der Waals surface area contributed by atoms with E-state index in [0.717, 1.165) is 24.8 Å². The van der Waals surface area contributed by atoms with Crippen LogP contribution in [0.15, 0.2) is 24.3 Å². The molecule has 7 heteroatoms. The molecule has 1 N–H and O–H groups in total. The number of halogens is 1. The molecule has 3 atom stereocenters. The summed E-state index contributed by atoms with van der Waals surface area (Å²) in [5, 5.41) is 0.702. The third-order valence-corrected chi connectivity index (χ3v) is 7.08. The highest BCUT2D eigenvalue weighted by Gasteiger charge is 2.59. The van der Waals surface area contributed by atoms with Gasteiger partial charge in [0.25, 0.3) is 5.91 Å². The van der Waals surface area contributed by atoms with Gasteiger partial charge in [-0.15, -0.1) is 0 Å². The number of nitrogens with one attached hydrogen (secondary N) is 1. The second-order valence-electron chi connectivity index (χ2n) is 9.33. The Labute approximate surface area is 175 Å². The first-order valence-electron chi connectivity index (χ1n) is 10.9. The molecule has 1 spiro atoms. The fourth-order valence-electron chi connectivity index (χ4n) is 5.37. The maximum Gasteiger partial charge on any atom is 0.270 e. The number of carbonyl (C=O) groups is 2. The van der Waals surface area contributed by atoms with E-state index >= 15 is 0 Å². The van der Waals surface area contributed by atoms with Gasteiger partial charge in [0, 0.05) is 43.0 Å². The summed E-state index contributed by atoms with van der Waals surface area (Å²) in [6.45, 7) is 6.68. The summed E-state index contributed by atoms with van der Waals surface area (Å²) < 4.78 is 19.2. The summed E-state index contributed by atoms with van der Waals surface area (Å²) in [5.41, 5.74) is 1.31. The summed E-state index contributed by atoms with van der Waals surface area (Å²) in [5.74, 6) is -0.0209. The Hall–Kier alpha value is -2.41. The average molecular weight is 413 g/mol. The second-order valence-corrected chi connectivity index (χ2v) is 9.33. The van der Waals surface area contributed by atoms with E-state index in [0.29, 0.717) is 37.3 Å². The molecule has 0 radical (unpaired) electrons. The highest BCUT2D eigenvalue weighted by molar-refractivity contribution is 5.98. The van der Waals surface area contributed by atoms with Crippen LogP contribution >= 0.6 is 0 Å². The summed E-state index contributed by atoms with van der Waals surface area (Å²) in [4.78, 5) is 32.9. The van der Waals surface area contributed by atoms with Gasteiger partial charge < -0.3 is 19.5 Å². The molecule has 2 aromatic rings. The summed E-state index contributed by atoms with van der Waals surface area (Å²) in [6, 6.07) is 6.19. The first kappa shape index (κ1) is 19.5. The minimum atomic E-state index is -0.311. The molecule has 0 bridgehead atoms. The van der Waals surface area contributed by atoms with Crippen LogP contribution < -0.4 is 0 Å². The molecule has 160 valence electrons. The van der Waals surface area contributed by atoms with E-state index in [2.05, 4.69) is 4.98 Å². The minimum absolute atomic E-state index is 0.0548. The number of hydrogen-bond acceptors (Lipinski definition) is 3. The standard InChI is InChI=1S/C23H28FN3O3/c1-14-12-27(13-15(2)30-14)21(28)18-11-23(18)5-7-26(8-6-23)22(29)20-10-16-9-17(24)3-4-19(16)25-20/h3-4,9-10,14-15,18,25H,5-8,11-13H2,1-2H3/t14-,15+,18-/m1/s1. The van der Waals surface area contributed by atoms with Gasteiger partial charge in [-0.3, -0.25) is 9.59 Å². The van der Waals surface area contributed by atoms with Crippen LogP contribution in [0.4, 0.5) is 4.39 Å². The Balaban J connectivity index is 1.21. The molecule has 0 unspecified atom stereocenters. The Morgan fingerprint density at radius 3 is 2.50 bits per heavy atom. The molecular formula is C23H28FN3O3. The monoisotopic (exact) mass is 413 g/mol. The normalized spacial score (nSPS) is 28.2. The minimum Gasteiger partial charge on any atom is -0.372 e. The third-order valence-electron chi connectivity index (χ3n) is 7.08. The molecular weight excluding hydrogens is 385 g/mol. The van der Waals surface area contributed by atoms with Gasteiger partial charge in [0.1, 0.15) is 11.5 Å². The van der Waals surface area contributed by atoms with Gasteiger partial charge in [-0.2, -0.15) is 0 Å². The van der Waals surface area contributed by atoms with E-state index in [1.807, 2.05) is 23.6 Å². The highest BCUT2D eigenvalue weighted by atomic mass is 19.1. The van der Waals surface area contributed by atoms with Crippen LogP contribution in [0.2, 0.25) is 0 Å². The largest absolute Gasteiger partial charge is 0.372 e. The topological polar surface area (TPSA) is 65.6 Å². The summed E-state index contributed by atoms with van der Waals surface area (Å²) >= 11 is 0. The van der Waals surface area contributed by atoms with Crippen molar-refractivity contribution in [1.82, 2.24) is 14.8 Å². The van der Waals surface area contributed by atoms with Gasteiger partial charge in [-0.1, -0.05) is 0 Å². The zero-order valence-electron chi connectivity index (χ0n) is 17.5. The molecule has 2 amide bonds. The molecule has 2 aliphatic heterocycles. The lowest BCUT2D eigenvalue weighted by Crippen LogP contribution is -2.49. The fourth-order valence-corrected chi connectivity index (χ4v) is 5.37. The summed E-state index contributed by atoms with van der Waals surface area (Å²) in [6.07, 6.45) is 2.81. The first-order valence-corrected chi connectivity index (χ1v) is 10.9. The molecule has 1 aromatic carbocycles. The van der Waals surface area contributed by atoms with E-state index < -0.39 is 0 Å². The van der Waals surface area contributed by atoms with Crippen molar-refractivity contribution in [2.75, 3.05) is 26.2 Å². The predicted octanol–water partition coefficient (Wildman–Crippen LogP) is 3.19. The molecule has 3 aliphatic rings. The second kappa shape index (κ2) is 7.08. The van der Waals surface area contributed by atoms with E-state index in [1.54, 1.807) is 12.1 Å². The summed E-state index contributed by atoms with van der Waals surface area (Å²) in [7, 11) is 0. The maximum atomic E-state index is 13.4. The fraction of sp³-hybridized carbons (Fsp3) is 0.565. The zero-order valence-corrected chi connectivity index (χ0v) is 17.5. The van der Waals surface area contributed by atoms with Crippen molar-refractivity contribution in [3.8, 4) is 0 Å². The van der Waals surface area contributed by atoms with E-state index in [1.165, 1.54) is 12.1 Å². The van der Waals surface area contributed by atoms with Crippen LogP contribution in [0.3, 0.4) is 0 Å². The number of H-pyrrole nitrogens is 1. The Bertz CT molecular complexity index is 985. The number of likely N-dealkylation sites (tertiary alicyclic amines) is 1. The van der Waals surface area contributed by atoms with Crippen molar-refractivity contribution < 1.29 is 18.7 Å². The van der Waals surface area contributed by atoms with Crippen LogP contribution in [0.5, 0.6) is 0 Å². The van der Waals surface area contributed by atoms with Crippen molar-refractivity contribution >= 4 is 22.7 Å². The van der Waals surface area contributed by atoms with E-state index in [-0.39, 0.29) is 41.2 Å². The SMILES string of the molecule is C[C@@H]1CN(C(=O)[C@H]2CC23CCN(C(=O)c2cc4cc(F)ccc4[nH]2)CC3)C[C@H](C)O1. The van der Waals surface area contributed by atoms with Gasteiger partial charge >= 0.3 is 0 Å². The number of benzene rings is 1. The van der Waals surface area contributed by atoms with E-state index in [4.69, 9.17) is 4.74 Å².